The Balaban J connectivity index is 1.85. The molecule has 0 saturated carbocycles. The molecule has 1 unspecified atom stereocenters. The molecule has 0 radical (unpaired) electrons. The lowest BCUT2D eigenvalue weighted by Gasteiger charge is -2.29. The molecule has 17 heavy (non-hydrogen) atoms. The molecule has 1 aromatic heterocycles. The van der Waals surface area contributed by atoms with E-state index in [-0.39, 0.29) is 0 Å². The SMILES string of the molecule is CCN(Cc1occc1Br)CC1CCCCN1. The maximum Gasteiger partial charge on any atom is 0.131 e. The third-order valence-corrected chi connectivity index (χ3v) is 4.10. The van der Waals surface area contributed by atoms with Crippen molar-refractivity contribution in [1.29, 1.82) is 0 Å². The molecule has 1 aliphatic rings. The molecule has 2 rings (SSSR count). The first kappa shape index (κ1) is 13.1. The van der Waals surface area contributed by atoms with Gasteiger partial charge in [-0.3, -0.25) is 4.90 Å². The highest BCUT2D eigenvalue weighted by atomic mass is 79.9. The van der Waals surface area contributed by atoms with Gasteiger partial charge in [0.2, 0.25) is 0 Å². The van der Waals surface area contributed by atoms with Gasteiger partial charge in [0.25, 0.3) is 0 Å². The summed E-state index contributed by atoms with van der Waals surface area (Å²) < 4.78 is 6.55. The van der Waals surface area contributed by atoms with Crippen LogP contribution in [0, 0.1) is 0 Å². The van der Waals surface area contributed by atoms with E-state index in [4.69, 9.17) is 4.42 Å². The monoisotopic (exact) mass is 300 g/mol. The minimum absolute atomic E-state index is 0.650. The molecule has 1 aliphatic heterocycles. The summed E-state index contributed by atoms with van der Waals surface area (Å²) in [6.07, 6.45) is 5.73. The Bertz CT molecular complexity index is 334. The van der Waals surface area contributed by atoms with Crippen LogP contribution in [0.25, 0.3) is 0 Å². The van der Waals surface area contributed by atoms with Crippen LogP contribution in [0.1, 0.15) is 31.9 Å². The Hall–Kier alpha value is -0.320. The van der Waals surface area contributed by atoms with Crippen LogP contribution in [0.4, 0.5) is 0 Å². The van der Waals surface area contributed by atoms with E-state index in [1.54, 1.807) is 6.26 Å². The Morgan fingerprint density at radius 2 is 2.41 bits per heavy atom. The summed E-state index contributed by atoms with van der Waals surface area (Å²) in [5.74, 6) is 1.03. The van der Waals surface area contributed by atoms with Gasteiger partial charge in [-0.15, -0.1) is 0 Å². The predicted octanol–water partition coefficient (Wildman–Crippen LogP) is 3.01. The fourth-order valence-corrected chi connectivity index (χ4v) is 2.66. The van der Waals surface area contributed by atoms with Crippen LogP contribution >= 0.6 is 15.9 Å². The number of piperidine rings is 1. The summed E-state index contributed by atoms with van der Waals surface area (Å²) in [5.41, 5.74) is 0. The van der Waals surface area contributed by atoms with Crippen molar-refractivity contribution in [2.24, 2.45) is 0 Å². The second kappa shape index (κ2) is 6.57. The zero-order chi connectivity index (χ0) is 12.1. The van der Waals surface area contributed by atoms with Crippen LogP contribution in [0.5, 0.6) is 0 Å². The van der Waals surface area contributed by atoms with E-state index in [9.17, 15) is 0 Å². The molecule has 0 spiro atoms. The summed E-state index contributed by atoms with van der Waals surface area (Å²) in [4.78, 5) is 2.44. The summed E-state index contributed by atoms with van der Waals surface area (Å²) in [7, 11) is 0. The maximum atomic E-state index is 5.48. The Morgan fingerprint density at radius 1 is 1.53 bits per heavy atom. The van der Waals surface area contributed by atoms with Gasteiger partial charge >= 0.3 is 0 Å². The molecule has 0 bridgehead atoms. The van der Waals surface area contributed by atoms with Crippen LogP contribution in [-0.4, -0.2) is 30.6 Å². The lowest BCUT2D eigenvalue weighted by atomic mass is 10.0. The van der Waals surface area contributed by atoms with Gasteiger partial charge in [-0.25, -0.2) is 0 Å². The molecule has 1 saturated heterocycles. The van der Waals surface area contributed by atoms with Gasteiger partial charge < -0.3 is 9.73 Å². The van der Waals surface area contributed by atoms with Gasteiger partial charge in [-0.2, -0.15) is 0 Å². The second-order valence-corrected chi connectivity index (χ2v) is 5.52. The van der Waals surface area contributed by atoms with Gasteiger partial charge in [-0.1, -0.05) is 13.3 Å². The van der Waals surface area contributed by atoms with Gasteiger partial charge in [0.15, 0.2) is 0 Å². The van der Waals surface area contributed by atoms with Crippen molar-refractivity contribution in [3.05, 3.63) is 22.6 Å². The molecule has 1 N–H and O–H groups in total. The lowest BCUT2D eigenvalue weighted by Crippen LogP contribution is -2.43. The molecule has 4 heteroatoms. The van der Waals surface area contributed by atoms with Crippen molar-refractivity contribution in [3.8, 4) is 0 Å². The third-order valence-electron chi connectivity index (χ3n) is 3.40. The predicted molar refractivity (Wildman–Crippen MR) is 73.0 cm³/mol. The maximum absolute atomic E-state index is 5.48. The van der Waals surface area contributed by atoms with Crippen molar-refractivity contribution in [2.45, 2.75) is 38.8 Å². The van der Waals surface area contributed by atoms with Crippen molar-refractivity contribution < 1.29 is 4.42 Å². The van der Waals surface area contributed by atoms with E-state index in [1.807, 2.05) is 6.07 Å². The second-order valence-electron chi connectivity index (χ2n) is 4.67. The van der Waals surface area contributed by atoms with Gasteiger partial charge in [0.05, 0.1) is 17.3 Å². The standard InChI is InChI=1S/C13H21BrN2O/c1-2-16(9-11-5-3-4-7-15-11)10-13-12(14)6-8-17-13/h6,8,11,15H,2-5,7,9-10H2,1H3. The van der Waals surface area contributed by atoms with Gasteiger partial charge in [0, 0.05) is 12.6 Å². The average Bonchev–Trinajstić information content (AvgIpc) is 2.75. The van der Waals surface area contributed by atoms with E-state index < -0.39 is 0 Å². The van der Waals surface area contributed by atoms with E-state index in [1.165, 1.54) is 25.8 Å². The first-order valence-corrected chi connectivity index (χ1v) is 7.26. The third kappa shape index (κ3) is 3.83. The molecule has 3 nitrogen and oxygen atoms in total. The topological polar surface area (TPSA) is 28.4 Å². The molecule has 2 heterocycles. The molecule has 0 amide bonds. The number of nitrogens with one attached hydrogen (secondary N) is 1. The molecule has 0 aliphatic carbocycles. The van der Waals surface area contributed by atoms with Crippen LogP contribution in [0.15, 0.2) is 21.2 Å². The molecule has 0 aromatic carbocycles. The summed E-state index contributed by atoms with van der Waals surface area (Å²) in [6, 6.07) is 2.61. The number of rotatable bonds is 5. The zero-order valence-electron chi connectivity index (χ0n) is 10.4. The van der Waals surface area contributed by atoms with E-state index in [0.29, 0.717) is 6.04 Å². The number of hydrogen-bond acceptors (Lipinski definition) is 3. The van der Waals surface area contributed by atoms with Crippen molar-refractivity contribution in [1.82, 2.24) is 10.2 Å². The lowest BCUT2D eigenvalue weighted by molar-refractivity contribution is 0.211. The van der Waals surface area contributed by atoms with E-state index in [2.05, 4.69) is 33.1 Å². The summed E-state index contributed by atoms with van der Waals surface area (Å²) in [6.45, 7) is 6.45. The quantitative estimate of drug-likeness (QED) is 0.906. The van der Waals surface area contributed by atoms with Crippen LogP contribution < -0.4 is 5.32 Å². The normalized spacial score (nSPS) is 21.0. The van der Waals surface area contributed by atoms with Gasteiger partial charge in [0.1, 0.15) is 5.76 Å². The van der Waals surface area contributed by atoms with Crippen LogP contribution in [0.3, 0.4) is 0 Å². The number of halogens is 1. The van der Waals surface area contributed by atoms with E-state index >= 15 is 0 Å². The summed E-state index contributed by atoms with van der Waals surface area (Å²) in [5, 5.41) is 3.59. The zero-order valence-corrected chi connectivity index (χ0v) is 12.0. The highest BCUT2D eigenvalue weighted by molar-refractivity contribution is 9.10. The number of nitrogens with zero attached hydrogens (tertiary/aromatic N) is 1. The first-order valence-electron chi connectivity index (χ1n) is 6.47. The average molecular weight is 301 g/mol. The number of furan rings is 1. The minimum Gasteiger partial charge on any atom is -0.467 e. The van der Waals surface area contributed by atoms with Crippen LogP contribution in [-0.2, 0) is 6.54 Å². The molecule has 1 atom stereocenters. The molecule has 96 valence electrons. The largest absolute Gasteiger partial charge is 0.467 e. The summed E-state index contributed by atoms with van der Waals surface area (Å²) >= 11 is 3.51. The highest BCUT2D eigenvalue weighted by Gasteiger charge is 2.17. The molecule has 1 fully saturated rings. The highest BCUT2D eigenvalue weighted by Crippen LogP contribution is 2.20. The smallest absolute Gasteiger partial charge is 0.131 e. The van der Waals surface area contributed by atoms with Crippen molar-refractivity contribution >= 4 is 15.9 Å². The Morgan fingerprint density at radius 3 is 3.00 bits per heavy atom. The van der Waals surface area contributed by atoms with Gasteiger partial charge in [-0.05, 0) is 47.9 Å². The van der Waals surface area contributed by atoms with Crippen molar-refractivity contribution in [2.75, 3.05) is 19.6 Å². The van der Waals surface area contributed by atoms with E-state index in [0.717, 1.165) is 29.9 Å². The minimum atomic E-state index is 0.650. The Kier molecular flexibility index (Phi) is 5.07. The fraction of sp³-hybridized carbons (Fsp3) is 0.692. The Labute approximate surface area is 112 Å². The molecule has 1 aromatic rings. The van der Waals surface area contributed by atoms with Crippen LogP contribution in [0.2, 0.25) is 0 Å². The first-order chi connectivity index (χ1) is 8.29. The molecular formula is C13H21BrN2O. The fourth-order valence-electron chi connectivity index (χ4n) is 2.34. The number of hydrogen-bond donors (Lipinski definition) is 1. The molecular weight excluding hydrogens is 280 g/mol. The van der Waals surface area contributed by atoms with Crippen molar-refractivity contribution in [3.63, 3.8) is 0 Å². The number of likely N-dealkylation sites (N-methyl/N-ethyl adjacent to an activating group) is 1.